The molecule has 0 spiro atoms. The lowest BCUT2D eigenvalue weighted by atomic mass is 10.0. The number of anilines is 2. The molecule has 2 aromatic heterocycles. The van der Waals surface area contributed by atoms with Gasteiger partial charge in [0.2, 0.25) is 0 Å². The highest BCUT2D eigenvalue weighted by atomic mass is 35.5. The average molecular weight is 1050 g/mol. The number of carbonyl (C=O) groups excluding carboxylic acids is 3. The van der Waals surface area contributed by atoms with Crippen LogP contribution in [0.2, 0.25) is 10.0 Å². The Morgan fingerprint density at radius 3 is 1.95 bits per heavy atom. The number of amides is 3. The van der Waals surface area contributed by atoms with Crippen LogP contribution in [0.3, 0.4) is 0 Å². The maximum atomic E-state index is 16.6. The Hall–Kier alpha value is -5.93. The summed E-state index contributed by atoms with van der Waals surface area (Å²) in [5.41, 5.74) is -1.03. The van der Waals surface area contributed by atoms with Crippen LogP contribution in [-0.4, -0.2) is 175 Å². The van der Waals surface area contributed by atoms with Crippen molar-refractivity contribution in [3.63, 3.8) is 0 Å². The number of aromatic nitrogens is 2. The van der Waals surface area contributed by atoms with Gasteiger partial charge in [0.15, 0.2) is 11.5 Å². The normalized spacial score (nSPS) is 24.3. The zero-order valence-corrected chi connectivity index (χ0v) is 42.9. The van der Waals surface area contributed by atoms with Crippen LogP contribution >= 0.6 is 23.2 Å². The highest BCUT2D eigenvalue weighted by molar-refractivity contribution is 6.36. The molecule has 0 saturated carbocycles. The number of carbonyl (C=O) groups is 3. The Kier molecular flexibility index (Phi) is 13.9. The van der Waals surface area contributed by atoms with E-state index in [4.69, 9.17) is 61.6 Å². The Bertz CT molecular complexity index is 2810. The monoisotopic (exact) mass is 1050 g/mol. The lowest BCUT2D eigenvalue weighted by Crippen LogP contribution is -2.58. The summed E-state index contributed by atoms with van der Waals surface area (Å²) in [5, 5.41) is 14.1. The van der Waals surface area contributed by atoms with Crippen LogP contribution in [0.15, 0.2) is 36.4 Å². The van der Waals surface area contributed by atoms with Gasteiger partial charge in [-0.2, -0.15) is 0 Å². The first-order chi connectivity index (χ1) is 34.8. The van der Waals surface area contributed by atoms with E-state index in [1.54, 1.807) is 41.5 Å². The summed E-state index contributed by atoms with van der Waals surface area (Å²) >= 11 is 14.3. The van der Waals surface area contributed by atoms with Gasteiger partial charge in [0.25, 0.3) is 11.8 Å². The lowest BCUT2D eigenvalue weighted by Gasteiger charge is -2.41. The number of halogens is 4. The largest absolute Gasteiger partial charge is 0.507 e. The van der Waals surface area contributed by atoms with Crippen molar-refractivity contribution in [2.45, 2.75) is 83.6 Å². The molecule has 0 bridgehead atoms. The van der Waals surface area contributed by atoms with Crippen LogP contribution in [0, 0.1) is 11.6 Å². The topological polar surface area (TPSA) is 181 Å². The lowest BCUT2D eigenvalue weighted by molar-refractivity contribution is -0.0372. The number of ether oxygens (including phenoxy) is 6. The van der Waals surface area contributed by atoms with E-state index in [-0.39, 0.29) is 143 Å². The maximum Gasteiger partial charge on any atom is 0.410 e. The highest BCUT2D eigenvalue weighted by Crippen LogP contribution is 2.48. The molecule has 2 aromatic carbocycles. The molecule has 0 unspecified atom stereocenters. The van der Waals surface area contributed by atoms with Gasteiger partial charge in [-0.25, -0.2) is 23.5 Å². The summed E-state index contributed by atoms with van der Waals surface area (Å²) < 4.78 is 69.7. The predicted molar refractivity (Wildman–Crippen MR) is 267 cm³/mol. The van der Waals surface area contributed by atoms with Gasteiger partial charge in [-0.3, -0.25) is 9.59 Å². The van der Waals surface area contributed by atoms with Gasteiger partial charge in [-0.15, -0.1) is 0 Å². The molecule has 22 heteroatoms. The molecule has 390 valence electrons. The van der Waals surface area contributed by atoms with Crippen molar-refractivity contribution in [3.05, 3.63) is 69.2 Å². The molecule has 73 heavy (non-hydrogen) atoms. The number of aromatic hydroxyl groups is 1. The summed E-state index contributed by atoms with van der Waals surface area (Å²) in [4.78, 5) is 61.2. The van der Waals surface area contributed by atoms with Crippen molar-refractivity contribution in [3.8, 4) is 45.5 Å². The molecule has 0 radical (unpaired) electrons. The maximum absolute atomic E-state index is 16.6. The molecule has 6 atom stereocenters. The van der Waals surface area contributed by atoms with Gasteiger partial charge in [0.1, 0.15) is 98.9 Å². The van der Waals surface area contributed by atoms with Gasteiger partial charge in [-0.05, 0) is 65.8 Å². The minimum atomic E-state index is -0.810. The molecule has 4 saturated heterocycles. The smallest absolute Gasteiger partial charge is 0.410 e. The molecule has 4 fully saturated rings. The molecule has 4 aromatic rings. The molecule has 8 heterocycles. The standard InChI is InChI=1S/C51H58Cl2F2N8O10/c1-26-18-60(19-27(2)71-26)46-38-45(69-23-29-17-56-13-14-62(29)48(38)65)41(53)43(58-46)37-33(55)10-8-12-35(37)68-25-31-22-61(20-28(3)72-31)47-39-44(40(52)42(57-47)36-32(54)9-7-11-34(36)64)70-24-30-21-59(15-16-63(30)49(39)66)50(67)73-51(4,5)6/h7-12,26-31,56,64H,13-25H2,1-6H3/t26-,27-,28-,29+,30+,31+/m0/s1. The molecular weight excluding hydrogens is 994 g/mol. The number of benzene rings is 2. The Labute approximate surface area is 431 Å². The number of hydrogen-bond acceptors (Lipinski definition) is 15. The average Bonchev–Trinajstić information content (AvgIpc) is 3.58. The van der Waals surface area contributed by atoms with E-state index in [2.05, 4.69) is 5.32 Å². The number of phenols is 1. The van der Waals surface area contributed by atoms with Crippen molar-refractivity contribution in [2.24, 2.45) is 0 Å². The van der Waals surface area contributed by atoms with E-state index in [0.717, 1.165) is 6.07 Å². The quantitative estimate of drug-likeness (QED) is 0.201. The zero-order chi connectivity index (χ0) is 51.6. The molecule has 6 aliphatic heterocycles. The molecular formula is C51H58Cl2F2N8O10. The second kappa shape index (κ2) is 20.1. The number of nitrogens with one attached hydrogen (secondary N) is 1. The number of hydrogen-bond donors (Lipinski definition) is 2. The van der Waals surface area contributed by atoms with E-state index in [1.165, 1.54) is 29.2 Å². The van der Waals surface area contributed by atoms with Crippen LogP contribution in [0.25, 0.3) is 22.5 Å². The van der Waals surface area contributed by atoms with Crippen LogP contribution in [-0.2, 0) is 14.2 Å². The van der Waals surface area contributed by atoms with Crippen LogP contribution in [0.1, 0.15) is 62.3 Å². The molecule has 0 aliphatic carbocycles. The first kappa shape index (κ1) is 50.6. The van der Waals surface area contributed by atoms with Crippen molar-refractivity contribution < 1.29 is 56.7 Å². The van der Waals surface area contributed by atoms with Gasteiger partial charge in [0, 0.05) is 65.4 Å². The van der Waals surface area contributed by atoms with Gasteiger partial charge in [-0.1, -0.05) is 35.3 Å². The van der Waals surface area contributed by atoms with Crippen molar-refractivity contribution in [2.75, 3.05) is 95.1 Å². The molecule has 2 N–H and O–H groups in total. The number of pyridine rings is 2. The third-order valence-corrected chi connectivity index (χ3v) is 14.3. The summed E-state index contributed by atoms with van der Waals surface area (Å²) in [7, 11) is 0. The summed E-state index contributed by atoms with van der Waals surface area (Å²) in [5.74, 6) is -2.19. The van der Waals surface area contributed by atoms with Gasteiger partial charge < -0.3 is 63.3 Å². The highest BCUT2D eigenvalue weighted by Gasteiger charge is 2.44. The van der Waals surface area contributed by atoms with Crippen molar-refractivity contribution >= 4 is 52.7 Å². The third kappa shape index (κ3) is 9.83. The SMILES string of the molecule is C[C@H]1CN(c2nc(-c3c(O)cccc3F)c(Cl)c3c2C(=O)N2CCN(C(=O)OC(C)(C)C)C[C@@H]2CO3)C[C@H](COc2cccc(F)c2-c2nc(N3C[C@H](C)O[C@@H](C)C3)c3c(c2Cl)OC[C@H]2CNCCN2C3=O)O1. The summed E-state index contributed by atoms with van der Waals surface area (Å²) in [6.45, 7) is 14.0. The fourth-order valence-electron chi connectivity index (χ4n) is 10.5. The van der Waals surface area contributed by atoms with Crippen LogP contribution in [0.4, 0.5) is 25.2 Å². The second-order valence-electron chi connectivity index (χ2n) is 20.4. The number of morpholine rings is 2. The van der Waals surface area contributed by atoms with Gasteiger partial charge in [0.05, 0.1) is 41.5 Å². The van der Waals surface area contributed by atoms with Crippen molar-refractivity contribution in [1.82, 2.24) is 30.0 Å². The number of phenolic OH excluding ortho intramolecular Hbond substituents is 1. The van der Waals surface area contributed by atoms with Gasteiger partial charge >= 0.3 is 6.09 Å². The minimum absolute atomic E-state index is 0.00998. The molecule has 6 aliphatic rings. The second-order valence-corrected chi connectivity index (χ2v) is 21.1. The van der Waals surface area contributed by atoms with Crippen LogP contribution < -0.4 is 29.3 Å². The number of piperazine rings is 2. The molecule has 18 nitrogen and oxygen atoms in total. The number of fused-ring (bicyclic) bond motifs is 4. The summed E-state index contributed by atoms with van der Waals surface area (Å²) in [6, 6.07) is 7.28. The van der Waals surface area contributed by atoms with E-state index in [0.29, 0.717) is 38.5 Å². The third-order valence-electron chi connectivity index (χ3n) is 13.6. The van der Waals surface area contributed by atoms with E-state index in [1.807, 2.05) is 25.7 Å². The Morgan fingerprint density at radius 2 is 1.32 bits per heavy atom. The minimum Gasteiger partial charge on any atom is -0.507 e. The fourth-order valence-corrected chi connectivity index (χ4v) is 11.1. The van der Waals surface area contributed by atoms with Crippen LogP contribution in [0.5, 0.6) is 23.0 Å². The number of rotatable bonds is 7. The molecule has 3 amide bonds. The Morgan fingerprint density at radius 1 is 0.753 bits per heavy atom. The molecule has 10 rings (SSSR count). The first-order valence-corrected chi connectivity index (χ1v) is 25.3. The summed E-state index contributed by atoms with van der Waals surface area (Å²) in [6.07, 6.45) is -2.21. The zero-order valence-electron chi connectivity index (χ0n) is 41.4. The van der Waals surface area contributed by atoms with E-state index >= 15 is 8.78 Å². The van der Waals surface area contributed by atoms with E-state index < -0.39 is 53.2 Å². The van der Waals surface area contributed by atoms with E-state index in [9.17, 15) is 19.5 Å². The van der Waals surface area contributed by atoms with Crippen molar-refractivity contribution in [1.29, 1.82) is 0 Å². The number of nitrogens with zero attached hydrogens (tertiary/aromatic N) is 7. The fraction of sp³-hybridized carbons (Fsp3) is 0.510. The first-order valence-electron chi connectivity index (χ1n) is 24.6. The predicted octanol–water partition coefficient (Wildman–Crippen LogP) is 6.65. The Balaban J connectivity index is 0.989.